The maximum absolute atomic E-state index is 12.6. The summed E-state index contributed by atoms with van der Waals surface area (Å²) >= 11 is 0. The zero-order valence-electron chi connectivity index (χ0n) is 17.6. The Morgan fingerprint density at radius 2 is 1.59 bits per heavy atom. The molecule has 6 heteroatoms. The average molecular weight is 398 g/mol. The second-order valence-electron chi connectivity index (χ2n) is 7.66. The lowest BCUT2D eigenvalue weighted by Gasteiger charge is -2.22. The van der Waals surface area contributed by atoms with Crippen molar-refractivity contribution in [3.05, 3.63) is 65.7 Å². The largest absolute Gasteiger partial charge is 0.484 e. The molecule has 156 valence electrons. The zero-order chi connectivity index (χ0) is 21.2. The second-order valence-corrected chi connectivity index (χ2v) is 7.66. The van der Waals surface area contributed by atoms with Crippen LogP contribution in [0.2, 0.25) is 0 Å². The first-order valence-electron chi connectivity index (χ1n) is 9.82. The maximum Gasteiger partial charge on any atom is 0.258 e. The van der Waals surface area contributed by atoms with Crippen molar-refractivity contribution in [1.29, 1.82) is 0 Å². The first-order chi connectivity index (χ1) is 13.8. The third-order valence-electron chi connectivity index (χ3n) is 4.37. The molecule has 0 saturated heterocycles. The van der Waals surface area contributed by atoms with Gasteiger partial charge in [0.1, 0.15) is 11.8 Å². The molecule has 2 aromatic carbocycles. The van der Waals surface area contributed by atoms with Crippen molar-refractivity contribution in [2.75, 3.05) is 20.7 Å². The Morgan fingerprint density at radius 1 is 0.966 bits per heavy atom. The number of rotatable bonds is 10. The van der Waals surface area contributed by atoms with Crippen LogP contribution in [0.1, 0.15) is 25.0 Å². The normalized spacial score (nSPS) is 11.9. The van der Waals surface area contributed by atoms with E-state index in [0.29, 0.717) is 12.3 Å². The number of amides is 2. The predicted octanol–water partition coefficient (Wildman–Crippen LogP) is 2.58. The van der Waals surface area contributed by atoms with Gasteiger partial charge in [-0.1, -0.05) is 56.3 Å². The van der Waals surface area contributed by atoms with Gasteiger partial charge < -0.3 is 20.3 Å². The lowest BCUT2D eigenvalue weighted by molar-refractivity contribution is -0.131. The van der Waals surface area contributed by atoms with Crippen molar-refractivity contribution < 1.29 is 14.3 Å². The molecular weight excluding hydrogens is 366 g/mol. The molecule has 0 saturated carbocycles. The Morgan fingerprint density at radius 3 is 2.17 bits per heavy atom. The Kier molecular flexibility index (Phi) is 8.68. The Bertz CT molecular complexity index is 774. The fraction of sp³-hybridized carbons (Fsp3) is 0.391. The molecule has 0 radical (unpaired) electrons. The summed E-state index contributed by atoms with van der Waals surface area (Å²) in [4.78, 5) is 26.9. The molecule has 0 heterocycles. The van der Waals surface area contributed by atoms with Crippen molar-refractivity contribution in [1.82, 2.24) is 15.5 Å². The van der Waals surface area contributed by atoms with E-state index in [2.05, 4.69) is 27.7 Å². The molecule has 6 nitrogen and oxygen atoms in total. The van der Waals surface area contributed by atoms with Crippen molar-refractivity contribution in [3.63, 3.8) is 0 Å². The lowest BCUT2D eigenvalue weighted by atomic mass is 10.0. The highest BCUT2D eigenvalue weighted by atomic mass is 16.5. The Hall–Kier alpha value is -2.86. The molecule has 1 atom stereocenters. The molecule has 0 aromatic heterocycles. The van der Waals surface area contributed by atoms with Crippen LogP contribution < -0.4 is 15.4 Å². The van der Waals surface area contributed by atoms with Crippen molar-refractivity contribution in [2.24, 2.45) is 5.92 Å². The van der Waals surface area contributed by atoms with Gasteiger partial charge >= 0.3 is 0 Å². The van der Waals surface area contributed by atoms with E-state index in [0.717, 1.165) is 12.1 Å². The smallest absolute Gasteiger partial charge is 0.258 e. The SMILES string of the molecule is CC(C)[C@H](NC(=O)COc1ccccc1)C(=O)NCc1ccc(CN(C)C)cc1. The zero-order valence-corrected chi connectivity index (χ0v) is 17.6. The van der Waals surface area contributed by atoms with E-state index in [1.54, 1.807) is 12.1 Å². The van der Waals surface area contributed by atoms with E-state index < -0.39 is 6.04 Å². The predicted molar refractivity (Wildman–Crippen MR) is 114 cm³/mol. The topological polar surface area (TPSA) is 70.7 Å². The molecule has 0 fully saturated rings. The third kappa shape index (κ3) is 7.95. The molecule has 0 unspecified atom stereocenters. The Balaban J connectivity index is 1.84. The number of benzene rings is 2. The molecule has 29 heavy (non-hydrogen) atoms. The van der Waals surface area contributed by atoms with E-state index in [1.807, 2.05) is 58.3 Å². The summed E-state index contributed by atoms with van der Waals surface area (Å²) in [6.45, 7) is 4.96. The van der Waals surface area contributed by atoms with Gasteiger partial charge in [-0.3, -0.25) is 9.59 Å². The molecule has 2 rings (SSSR count). The highest BCUT2D eigenvalue weighted by molar-refractivity contribution is 5.88. The van der Waals surface area contributed by atoms with Crippen LogP contribution in [0.15, 0.2) is 54.6 Å². The van der Waals surface area contributed by atoms with Crippen molar-refractivity contribution in [3.8, 4) is 5.75 Å². The summed E-state index contributed by atoms with van der Waals surface area (Å²) in [5.41, 5.74) is 2.23. The molecule has 0 aliphatic rings. The van der Waals surface area contributed by atoms with Gasteiger partial charge in [0.2, 0.25) is 5.91 Å². The van der Waals surface area contributed by atoms with Gasteiger partial charge in [-0.15, -0.1) is 0 Å². The quantitative estimate of drug-likeness (QED) is 0.647. The van der Waals surface area contributed by atoms with Gasteiger partial charge in [-0.05, 0) is 43.3 Å². The van der Waals surface area contributed by atoms with E-state index in [9.17, 15) is 9.59 Å². The molecule has 2 aromatic rings. The Labute approximate surface area is 173 Å². The van der Waals surface area contributed by atoms with E-state index >= 15 is 0 Å². The monoisotopic (exact) mass is 397 g/mol. The van der Waals surface area contributed by atoms with E-state index in [4.69, 9.17) is 4.74 Å². The molecule has 0 aliphatic carbocycles. The molecule has 0 aliphatic heterocycles. The highest BCUT2D eigenvalue weighted by Gasteiger charge is 2.24. The summed E-state index contributed by atoms with van der Waals surface area (Å²) in [5.74, 6) is 0.0465. The lowest BCUT2D eigenvalue weighted by Crippen LogP contribution is -2.50. The summed E-state index contributed by atoms with van der Waals surface area (Å²) in [6, 6.07) is 16.6. The third-order valence-corrected chi connectivity index (χ3v) is 4.37. The summed E-state index contributed by atoms with van der Waals surface area (Å²) in [6.07, 6.45) is 0. The second kappa shape index (κ2) is 11.2. The summed E-state index contributed by atoms with van der Waals surface area (Å²) in [5, 5.41) is 5.69. The van der Waals surface area contributed by atoms with Crippen LogP contribution in [0.3, 0.4) is 0 Å². The molecule has 2 N–H and O–H groups in total. The number of nitrogens with one attached hydrogen (secondary N) is 2. The fourth-order valence-electron chi connectivity index (χ4n) is 2.84. The van der Waals surface area contributed by atoms with Gasteiger partial charge in [0.25, 0.3) is 5.91 Å². The standard InChI is InChI=1S/C23H31N3O3/c1-17(2)22(25-21(27)16-29-20-8-6-5-7-9-20)23(28)24-14-18-10-12-19(13-11-18)15-26(3)4/h5-13,17,22H,14-16H2,1-4H3,(H,24,28)(H,25,27)/t22-/m0/s1. The van der Waals surface area contributed by atoms with Crippen LogP contribution in [0.25, 0.3) is 0 Å². The van der Waals surface area contributed by atoms with Crippen LogP contribution in [0.5, 0.6) is 5.75 Å². The van der Waals surface area contributed by atoms with Crippen molar-refractivity contribution in [2.45, 2.75) is 33.0 Å². The van der Waals surface area contributed by atoms with Crippen LogP contribution in [-0.4, -0.2) is 43.5 Å². The number of hydrogen-bond acceptors (Lipinski definition) is 4. The van der Waals surface area contributed by atoms with E-state index in [-0.39, 0.29) is 24.3 Å². The summed E-state index contributed by atoms with van der Waals surface area (Å²) in [7, 11) is 4.05. The van der Waals surface area contributed by atoms with Gasteiger partial charge in [-0.2, -0.15) is 0 Å². The minimum absolute atomic E-state index is 0.0434. The average Bonchev–Trinajstić information content (AvgIpc) is 2.70. The maximum atomic E-state index is 12.6. The molecule has 0 spiro atoms. The molecule has 0 bridgehead atoms. The number of carbonyl (C=O) groups excluding carboxylic acids is 2. The minimum atomic E-state index is -0.616. The van der Waals surface area contributed by atoms with Gasteiger partial charge in [0, 0.05) is 13.1 Å². The molecular formula is C23H31N3O3. The van der Waals surface area contributed by atoms with Crippen LogP contribution in [0.4, 0.5) is 0 Å². The summed E-state index contributed by atoms with van der Waals surface area (Å²) < 4.78 is 5.45. The first-order valence-corrected chi connectivity index (χ1v) is 9.82. The highest BCUT2D eigenvalue weighted by Crippen LogP contribution is 2.09. The van der Waals surface area contributed by atoms with Crippen molar-refractivity contribution >= 4 is 11.8 Å². The number of para-hydroxylation sites is 1. The minimum Gasteiger partial charge on any atom is -0.484 e. The first kappa shape index (κ1) is 22.4. The number of hydrogen-bond donors (Lipinski definition) is 2. The van der Waals surface area contributed by atoms with Gasteiger partial charge in [0.15, 0.2) is 6.61 Å². The number of carbonyl (C=O) groups is 2. The number of ether oxygens (including phenoxy) is 1. The fourth-order valence-corrected chi connectivity index (χ4v) is 2.84. The van der Waals surface area contributed by atoms with Crippen LogP contribution in [-0.2, 0) is 22.7 Å². The van der Waals surface area contributed by atoms with Gasteiger partial charge in [0.05, 0.1) is 0 Å². The molecule has 2 amide bonds. The van der Waals surface area contributed by atoms with E-state index in [1.165, 1.54) is 5.56 Å². The van der Waals surface area contributed by atoms with Gasteiger partial charge in [-0.25, -0.2) is 0 Å². The van der Waals surface area contributed by atoms with Crippen LogP contribution in [0, 0.1) is 5.92 Å². The van der Waals surface area contributed by atoms with Crippen LogP contribution >= 0.6 is 0 Å². The number of nitrogens with zero attached hydrogens (tertiary/aromatic N) is 1.